The zero-order valence-electron chi connectivity index (χ0n) is 10.8. The fourth-order valence-electron chi connectivity index (χ4n) is 1.88. The van der Waals surface area contributed by atoms with Crippen LogP contribution < -0.4 is 5.32 Å². The number of carbonyl (C=O) groups excluding carboxylic acids is 3. The smallest absolute Gasteiger partial charge is 0.277 e. The average Bonchev–Trinajstić information content (AvgIpc) is 2.26. The van der Waals surface area contributed by atoms with Crippen molar-refractivity contribution in [2.75, 3.05) is 12.0 Å². The Kier molecular flexibility index (Phi) is 5.01. The second-order valence-corrected chi connectivity index (χ2v) is 5.93. The Bertz CT molecular complexity index is 397. The molecular weight excluding hydrogens is 256 g/mol. The van der Waals surface area contributed by atoms with Gasteiger partial charge in [-0.15, -0.1) is 0 Å². The molecule has 3 unspecified atom stereocenters. The molecule has 1 saturated heterocycles. The maximum atomic E-state index is 12.0. The van der Waals surface area contributed by atoms with Crippen molar-refractivity contribution in [3.05, 3.63) is 0 Å². The van der Waals surface area contributed by atoms with E-state index in [1.165, 1.54) is 0 Å². The van der Waals surface area contributed by atoms with Crippen molar-refractivity contribution in [3.8, 4) is 0 Å². The van der Waals surface area contributed by atoms with Gasteiger partial charge >= 0.3 is 6.03 Å². The van der Waals surface area contributed by atoms with Crippen LogP contribution in [0.4, 0.5) is 4.79 Å². The van der Waals surface area contributed by atoms with Gasteiger partial charge in [-0.1, -0.05) is 6.92 Å². The lowest BCUT2D eigenvalue weighted by Gasteiger charge is -2.33. The molecule has 18 heavy (non-hydrogen) atoms. The third-order valence-electron chi connectivity index (χ3n) is 2.97. The van der Waals surface area contributed by atoms with Crippen LogP contribution in [0.5, 0.6) is 0 Å². The van der Waals surface area contributed by atoms with Gasteiger partial charge in [0.15, 0.2) is 0 Å². The number of rotatable bonds is 5. The quantitative estimate of drug-likeness (QED) is 0.728. The zero-order chi connectivity index (χ0) is 13.9. The van der Waals surface area contributed by atoms with Gasteiger partial charge in [0.05, 0.1) is 0 Å². The number of hydrogen-bond donors (Lipinski definition) is 1. The second kappa shape index (κ2) is 6.08. The molecule has 6 nitrogen and oxygen atoms in total. The molecule has 1 N–H and O–H groups in total. The Morgan fingerprint density at radius 2 is 2.00 bits per heavy atom. The van der Waals surface area contributed by atoms with E-state index in [-0.39, 0.29) is 6.04 Å². The van der Waals surface area contributed by atoms with Crippen molar-refractivity contribution in [1.29, 1.82) is 0 Å². The van der Waals surface area contributed by atoms with Crippen LogP contribution in [0.25, 0.3) is 0 Å². The Morgan fingerprint density at radius 1 is 1.39 bits per heavy atom. The molecule has 1 aliphatic heterocycles. The largest absolute Gasteiger partial charge is 0.331 e. The first-order valence-electron chi connectivity index (χ1n) is 5.86. The molecule has 0 saturated carbocycles. The fraction of sp³-hybridized carbons (Fsp3) is 0.727. The van der Waals surface area contributed by atoms with Crippen LogP contribution in [-0.4, -0.2) is 45.0 Å². The highest BCUT2D eigenvalue weighted by Gasteiger charge is 2.41. The molecule has 7 heteroatoms. The number of imide groups is 2. The third kappa shape index (κ3) is 3.16. The van der Waals surface area contributed by atoms with Crippen LogP contribution in [-0.2, 0) is 20.4 Å². The van der Waals surface area contributed by atoms with Gasteiger partial charge in [-0.2, -0.15) is 0 Å². The second-order valence-electron chi connectivity index (χ2n) is 4.38. The van der Waals surface area contributed by atoms with Crippen molar-refractivity contribution < 1.29 is 18.6 Å². The summed E-state index contributed by atoms with van der Waals surface area (Å²) in [5.41, 5.74) is 0. The number of nitrogens with one attached hydrogen (secondary N) is 1. The van der Waals surface area contributed by atoms with E-state index in [0.717, 1.165) is 4.90 Å². The molecule has 0 aromatic heterocycles. The van der Waals surface area contributed by atoms with E-state index in [4.69, 9.17) is 0 Å². The van der Waals surface area contributed by atoms with Gasteiger partial charge in [0.2, 0.25) is 11.8 Å². The minimum absolute atomic E-state index is 0.358. The minimum Gasteiger partial charge on any atom is -0.277 e. The molecule has 0 spiro atoms. The summed E-state index contributed by atoms with van der Waals surface area (Å²) in [6, 6.07) is -1.03. The zero-order valence-corrected chi connectivity index (χ0v) is 11.6. The molecule has 0 aliphatic carbocycles. The summed E-state index contributed by atoms with van der Waals surface area (Å²) in [7, 11) is -0.967. The van der Waals surface area contributed by atoms with Crippen LogP contribution >= 0.6 is 0 Å². The highest BCUT2D eigenvalue weighted by Crippen LogP contribution is 2.17. The molecule has 1 rings (SSSR count). The molecular formula is C11H18N2O4S. The first kappa shape index (κ1) is 14.8. The molecule has 1 aliphatic rings. The van der Waals surface area contributed by atoms with Gasteiger partial charge in [-0.25, -0.2) is 4.79 Å². The van der Waals surface area contributed by atoms with E-state index in [0.29, 0.717) is 18.6 Å². The van der Waals surface area contributed by atoms with Crippen molar-refractivity contribution in [2.24, 2.45) is 5.92 Å². The van der Waals surface area contributed by atoms with Gasteiger partial charge < -0.3 is 0 Å². The van der Waals surface area contributed by atoms with E-state index in [2.05, 4.69) is 5.32 Å². The van der Waals surface area contributed by atoms with Crippen LogP contribution in [0.1, 0.15) is 26.7 Å². The molecule has 0 radical (unpaired) electrons. The molecule has 1 fully saturated rings. The summed E-state index contributed by atoms with van der Waals surface area (Å²) in [5.74, 6) is -1.36. The molecule has 0 bridgehead atoms. The number of barbiturate groups is 1. The molecule has 4 amide bonds. The maximum absolute atomic E-state index is 12.0. The van der Waals surface area contributed by atoms with Crippen LogP contribution in [0, 0.1) is 5.92 Å². The number of urea groups is 1. The lowest BCUT2D eigenvalue weighted by atomic mass is 10.0. The summed E-state index contributed by atoms with van der Waals surface area (Å²) in [6.07, 6.45) is 2.40. The van der Waals surface area contributed by atoms with Crippen molar-refractivity contribution in [2.45, 2.75) is 32.7 Å². The lowest BCUT2D eigenvalue weighted by Crippen LogP contribution is -2.60. The van der Waals surface area contributed by atoms with Gasteiger partial charge in [0, 0.05) is 28.9 Å². The SMILES string of the molecule is CCC1C(=O)NC(=O)N(C(C)CCS(C)=O)C1=O. The normalized spacial score (nSPS) is 23.8. The van der Waals surface area contributed by atoms with E-state index in [1.54, 1.807) is 20.1 Å². The Labute approximate surface area is 109 Å². The Balaban J connectivity index is 2.79. The standard InChI is InChI=1S/C11H18N2O4S/c1-4-8-9(14)12-11(16)13(10(8)15)7(2)5-6-18(3)17/h7-8H,4-6H2,1-3H3,(H,12,14,16). The van der Waals surface area contributed by atoms with Gasteiger partial charge in [0.25, 0.3) is 0 Å². The highest BCUT2D eigenvalue weighted by molar-refractivity contribution is 7.84. The van der Waals surface area contributed by atoms with Gasteiger partial charge in [-0.05, 0) is 19.8 Å². The average molecular weight is 274 g/mol. The van der Waals surface area contributed by atoms with E-state index < -0.39 is 34.6 Å². The minimum atomic E-state index is -0.967. The van der Waals surface area contributed by atoms with E-state index in [9.17, 15) is 18.6 Å². The predicted octanol–water partition coefficient (Wildman–Crippen LogP) is 0.248. The predicted molar refractivity (Wildman–Crippen MR) is 67.2 cm³/mol. The summed E-state index contributed by atoms with van der Waals surface area (Å²) >= 11 is 0. The Morgan fingerprint density at radius 3 is 2.50 bits per heavy atom. The first-order valence-corrected chi connectivity index (χ1v) is 7.59. The monoisotopic (exact) mass is 274 g/mol. The number of amides is 4. The topological polar surface area (TPSA) is 83.6 Å². The molecule has 102 valence electrons. The molecule has 0 aromatic rings. The van der Waals surface area contributed by atoms with Gasteiger partial charge in [-0.3, -0.25) is 24.0 Å². The first-order chi connectivity index (χ1) is 8.38. The fourth-order valence-corrected chi connectivity index (χ4v) is 2.55. The summed E-state index contributed by atoms with van der Waals surface area (Å²) in [5, 5.41) is 2.18. The van der Waals surface area contributed by atoms with Crippen molar-refractivity contribution in [3.63, 3.8) is 0 Å². The van der Waals surface area contributed by atoms with Crippen LogP contribution in [0.15, 0.2) is 0 Å². The molecule has 3 atom stereocenters. The molecule has 0 aromatic carbocycles. The summed E-state index contributed by atoms with van der Waals surface area (Å²) < 4.78 is 11.0. The highest BCUT2D eigenvalue weighted by atomic mass is 32.2. The van der Waals surface area contributed by atoms with E-state index in [1.807, 2.05) is 0 Å². The van der Waals surface area contributed by atoms with Crippen molar-refractivity contribution >= 4 is 28.6 Å². The number of hydrogen-bond acceptors (Lipinski definition) is 4. The maximum Gasteiger partial charge on any atom is 0.331 e. The third-order valence-corrected chi connectivity index (χ3v) is 3.78. The summed E-state index contributed by atoms with van der Waals surface area (Å²) in [6.45, 7) is 3.44. The number of carbonyl (C=O) groups is 3. The van der Waals surface area contributed by atoms with Gasteiger partial charge in [0.1, 0.15) is 5.92 Å². The van der Waals surface area contributed by atoms with Crippen LogP contribution in [0.3, 0.4) is 0 Å². The van der Waals surface area contributed by atoms with Crippen LogP contribution in [0.2, 0.25) is 0 Å². The summed E-state index contributed by atoms with van der Waals surface area (Å²) in [4.78, 5) is 36.2. The molecule has 1 heterocycles. The lowest BCUT2D eigenvalue weighted by molar-refractivity contribution is -0.143. The Hall–Kier alpha value is -1.24. The number of nitrogens with zero attached hydrogens (tertiary/aromatic N) is 1. The van der Waals surface area contributed by atoms with Crippen molar-refractivity contribution in [1.82, 2.24) is 10.2 Å². The van der Waals surface area contributed by atoms with E-state index >= 15 is 0 Å².